The Labute approximate surface area is 111 Å². The Morgan fingerprint density at radius 3 is 2.89 bits per heavy atom. The van der Waals surface area contributed by atoms with Crippen molar-refractivity contribution in [1.29, 1.82) is 0 Å². The molecule has 0 radical (unpaired) electrons. The van der Waals surface area contributed by atoms with E-state index in [0.717, 1.165) is 6.42 Å². The molecule has 2 bridgehead atoms. The molecule has 2 aliphatic rings. The predicted octanol–water partition coefficient (Wildman–Crippen LogP) is 0.712. The molecule has 2 fully saturated rings. The number of fused-ring (bicyclic) bond motifs is 2. The third kappa shape index (κ3) is 1.92. The molecule has 3 rings (SSSR count). The number of nitrogens with zero attached hydrogens (tertiary/aromatic N) is 2. The van der Waals surface area contributed by atoms with Crippen molar-refractivity contribution in [2.75, 3.05) is 27.4 Å². The van der Waals surface area contributed by atoms with E-state index in [1.807, 2.05) is 4.90 Å². The van der Waals surface area contributed by atoms with Crippen molar-refractivity contribution in [2.24, 2.45) is 0 Å². The molecule has 6 heteroatoms. The molecule has 2 atom stereocenters. The van der Waals surface area contributed by atoms with Gasteiger partial charge in [0.05, 0.1) is 33.0 Å². The van der Waals surface area contributed by atoms with Gasteiger partial charge in [-0.05, 0) is 6.42 Å². The van der Waals surface area contributed by atoms with Gasteiger partial charge in [0.15, 0.2) is 17.2 Å². The molecule has 0 saturated carbocycles. The summed E-state index contributed by atoms with van der Waals surface area (Å²) in [6, 6.07) is 1.84. The summed E-state index contributed by atoms with van der Waals surface area (Å²) in [6.45, 7) is 1.24. The molecule has 19 heavy (non-hydrogen) atoms. The van der Waals surface area contributed by atoms with Crippen molar-refractivity contribution in [3.63, 3.8) is 0 Å². The number of aromatic nitrogens is 1. The number of amides is 1. The van der Waals surface area contributed by atoms with Gasteiger partial charge in [0, 0.05) is 18.8 Å². The number of rotatable bonds is 3. The highest BCUT2D eigenvalue weighted by Gasteiger charge is 2.42. The molecule has 0 aromatic carbocycles. The van der Waals surface area contributed by atoms with E-state index in [-0.39, 0.29) is 18.1 Å². The Balaban J connectivity index is 1.91. The third-order valence-corrected chi connectivity index (χ3v) is 3.66. The summed E-state index contributed by atoms with van der Waals surface area (Å²) in [5.41, 5.74) is 0.300. The van der Waals surface area contributed by atoms with E-state index in [2.05, 4.69) is 4.98 Å². The van der Waals surface area contributed by atoms with Crippen molar-refractivity contribution in [3.8, 4) is 11.5 Å². The molecule has 3 heterocycles. The predicted molar refractivity (Wildman–Crippen MR) is 66.5 cm³/mol. The molecule has 2 saturated heterocycles. The fourth-order valence-corrected chi connectivity index (χ4v) is 2.73. The Morgan fingerprint density at radius 2 is 2.32 bits per heavy atom. The lowest BCUT2D eigenvalue weighted by Crippen LogP contribution is -2.41. The van der Waals surface area contributed by atoms with E-state index < -0.39 is 0 Å². The maximum Gasteiger partial charge on any atom is 0.276 e. The van der Waals surface area contributed by atoms with Gasteiger partial charge in [0.1, 0.15) is 0 Å². The van der Waals surface area contributed by atoms with Crippen molar-refractivity contribution in [1.82, 2.24) is 9.88 Å². The van der Waals surface area contributed by atoms with Gasteiger partial charge in [-0.2, -0.15) is 0 Å². The van der Waals surface area contributed by atoms with Gasteiger partial charge in [-0.1, -0.05) is 0 Å². The number of likely N-dealkylation sites (tertiary alicyclic amines) is 1. The average Bonchev–Trinajstić information content (AvgIpc) is 3.08. The summed E-state index contributed by atoms with van der Waals surface area (Å²) >= 11 is 0. The van der Waals surface area contributed by atoms with Gasteiger partial charge in [0.25, 0.3) is 5.91 Å². The first-order valence-corrected chi connectivity index (χ1v) is 6.24. The van der Waals surface area contributed by atoms with E-state index >= 15 is 0 Å². The highest BCUT2D eigenvalue weighted by atomic mass is 16.5. The summed E-state index contributed by atoms with van der Waals surface area (Å²) in [4.78, 5) is 18.5. The number of hydrogen-bond donors (Lipinski definition) is 0. The van der Waals surface area contributed by atoms with Crippen LogP contribution in [0.1, 0.15) is 16.9 Å². The largest absolute Gasteiger partial charge is 0.493 e. The number of ether oxygens (including phenoxy) is 3. The molecule has 0 unspecified atom stereocenters. The van der Waals surface area contributed by atoms with Crippen molar-refractivity contribution in [3.05, 3.63) is 18.0 Å². The van der Waals surface area contributed by atoms with Crippen LogP contribution in [-0.2, 0) is 4.74 Å². The number of morpholine rings is 1. The van der Waals surface area contributed by atoms with Gasteiger partial charge < -0.3 is 19.1 Å². The standard InChI is InChI=1S/C13H16N2O4/c1-17-10-3-4-14-11(12(10)18-2)13(16)15-6-9-5-8(15)7-19-9/h3-4,8-9H,5-7H2,1-2H3/t8-,9-/m0/s1. The van der Waals surface area contributed by atoms with Crippen LogP contribution in [0.5, 0.6) is 11.5 Å². The highest BCUT2D eigenvalue weighted by Crippen LogP contribution is 2.33. The van der Waals surface area contributed by atoms with Crippen LogP contribution >= 0.6 is 0 Å². The first-order chi connectivity index (χ1) is 9.24. The van der Waals surface area contributed by atoms with Crippen molar-refractivity contribution in [2.45, 2.75) is 18.6 Å². The lowest BCUT2D eigenvalue weighted by Gasteiger charge is -2.27. The van der Waals surface area contributed by atoms with Gasteiger partial charge in [0.2, 0.25) is 0 Å². The summed E-state index contributed by atoms with van der Waals surface area (Å²) in [6.07, 6.45) is 2.64. The lowest BCUT2D eigenvalue weighted by atomic mass is 10.2. The number of carbonyl (C=O) groups is 1. The quantitative estimate of drug-likeness (QED) is 0.804. The monoisotopic (exact) mass is 264 g/mol. The summed E-state index contributed by atoms with van der Waals surface area (Å²) in [5.74, 6) is 0.784. The second-order valence-corrected chi connectivity index (χ2v) is 4.70. The zero-order valence-electron chi connectivity index (χ0n) is 11.0. The highest BCUT2D eigenvalue weighted by molar-refractivity contribution is 5.96. The lowest BCUT2D eigenvalue weighted by molar-refractivity contribution is 0.0253. The van der Waals surface area contributed by atoms with Gasteiger partial charge in [-0.15, -0.1) is 0 Å². The van der Waals surface area contributed by atoms with Crippen LogP contribution in [-0.4, -0.2) is 55.3 Å². The first kappa shape index (κ1) is 12.2. The van der Waals surface area contributed by atoms with Crippen LogP contribution in [0.3, 0.4) is 0 Å². The number of methoxy groups -OCH3 is 2. The fraction of sp³-hybridized carbons (Fsp3) is 0.538. The van der Waals surface area contributed by atoms with Crippen LogP contribution in [0.25, 0.3) is 0 Å². The Kier molecular flexibility index (Phi) is 3.02. The first-order valence-electron chi connectivity index (χ1n) is 6.24. The third-order valence-electron chi connectivity index (χ3n) is 3.66. The molecule has 0 N–H and O–H groups in total. The molecule has 102 valence electrons. The van der Waals surface area contributed by atoms with E-state index in [9.17, 15) is 4.79 Å². The van der Waals surface area contributed by atoms with Crippen LogP contribution in [0.2, 0.25) is 0 Å². The number of carbonyl (C=O) groups excluding carboxylic acids is 1. The topological polar surface area (TPSA) is 60.9 Å². The Bertz CT molecular complexity index is 505. The molecule has 2 aliphatic heterocycles. The number of pyridine rings is 1. The van der Waals surface area contributed by atoms with Gasteiger partial charge in [-0.3, -0.25) is 4.79 Å². The smallest absolute Gasteiger partial charge is 0.276 e. The Hall–Kier alpha value is -1.82. The minimum absolute atomic E-state index is 0.119. The van der Waals surface area contributed by atoms with Crippen molar-refractivity contribution < 1.29 is 19.0 Å². The molecule has 6 nitrogen and oxygen atoms in total. The summed E-state index contributed by atoms with van der Waals surface area (Å²) < 4.78 is 16.0. The molecule has 1 aromatic rings. The molecular weight excluding hydrogens is 248 g/mol. The van der Waals surface area contributed by atoms with Gasteiger partial charge >= 0.3 is 0 Å². The second-order valence-electron chi connectivity index (χ2n) is 4.70. The van der Waals surface area contributed by atoms with Gasteiger partial charge in [-0.25, -0.2) is 4.98 Å². The maximum absolute atomic E-state index is 12.6. The van der Waals surface area contributed by atoms with Crippen LogP contribution < -0.4 is 9.47 Å². The van der Waals surface area contributed by atoms with Crippen LogP contribution in [0.4, 0.5) is 0 Å². The zero-order chi connectivity index (χ0) is 13.4. The molecule has 0 aliphatic carbocycles. The normalized spacial score (nSPS) is 24.6. The SMILES string of the molecule is COc1ccnc(C(=O)N2C[C@@H]3C[C@H]2CO3)c1OC. The van der Waals surface area contributed by atoms with Crippen LogP contribution in [0, 0.1) is 0 Å². The number of hydrogen-bond acceptors (Lipinski definition) is 5. The summed E-state index contributed by atoms with van der Waals surface area (Å²) in [5, 5.41) is 0. The summed E-state index contributed by atoms with van der Waals surface area (Å²) in [7, 11) is 3.05. The fourth-order valence-electron chi connectivity index (χ4n) is 2.73. The van der Waals surface area contributed by atoms with E-state index in [4.69, 9.17) is 14.2 Å². The molecular formula is C13H16N2O4. The molecule has 1 amide bonds. The van der Waals surface area contributed by atoms with Crippen molar-refractivity contribution >= 4 is 5.91 Å². The zero-order valence-corrected chi connectivity index (χ0v) is 11.0. The van der Waals surface area contributed by atoms with E-state index in [1.54, 1.807) is 12.3 Å². The molecule has 0 spiro atoms. The Morgan fingerprint density at radius 1 is 1.47 bits per heavy atom. The second kappa shape index (κ2) is 4.70. The van der Waals surface area contributed by atoms with E-state index in [0.29, 0.717) is 30.3 Å². The molecule has 1 aromatic heterocycles. The minimum Gasteiger partial charge on any atom is -0.493 e. The van der Waals surface area contributed by atoms with Crippen LogP contribution in [0.15, 0.2) is 12.3 Å². The van der Waals surface area contributed by atoms with E-state index in [1.165, 1.54) is 14.2 Å². The average molecular weight is 264 g/mol. The maximum atomic E-state index is 12.6. The minimum atomic E-state index is -0.119.